The maximum absolute atomic E-state index is 8.88. The van der Waals surface area contributed by atoms with Crippen LogP contribution < -0.4 is 0 Å². The molecule has 0 saturated carbocycles. The molecule has 0 atom stereocenters. The summed E-state index contributed by atoms with van der Waals surface area (Å²) in [5.74, 6) is 0. The van der Waals surface area contributed by atoms with Crippen molar-refractivity contribution in [2.75, 3.05) is 0 Å². The van der Waals surface area contributed by atoms with Gasteiger partial charge >= 0.3 is 45.2 Å². The van der Waals surface area contributed by atoms with Gasteiger partial charge in [-0.15, -0.1) is 0 Å². The predicted molar refractivity (Wildman–Crippen MR) is 42.4 cm³/mol. The fraction of sp³-hybridized carbons (Fsp3) is 1.00. The summed E-state index contributed by atoms with van der Waals surface area (Å²) >= 11 is 0. The van der Waals surface area contributed by atoms with Crippen LogP contribution in [0.3, 0.4) is 0 Å². The topological polar surface area (TPSA) is 156 Å². The Kier molecular flexibility index (Phi) is 17.0. The van der Waals surface area contributed by atoms with Crippen LogP contribution in [-0.2, 0) is 9.13 Å². The molecule has 0 spiro atoms. The Morgan fingerprint density at radius 1 is 0.667 bits per heavy atom. The Morgan fingerprint density at radius 2 is 0.667 bits per heavy atom. The van der Waals surface area contributed by atoms with Gasteiger partial charge in [-0.2, -0.15) is 0 Å². The Hall–Kier alpha value is 1.22. The van der Waals surface area contributed by atoms with Gasteiger partial charge in [0.1, 0.15) is 0 Å². The molecule has 11 heteroatoms. The second-order valence-electron chi connectivity index (χ2n) is 1.03. The van der Waals surface area contributed by atoms with Crippen molar-refractivity contribution in [3.8, 4) is 0 Å². The van der Waals surface area contributed by atoms with E-state index in [9.17, 15) is 0 Å². The van der Waals surface area contributed by atoms with Crippen LogP contribution in [0, 0.1) is 0 Å². The molecule has 0 rings (SSSR count). The van der Waals surface area contributed by atoms with Gasteiger partial charge in [-0.3, -0.25) is 0 Å². The molecule has 0 fully saturated rings. The Balaban J connectivity index is -0.0000000457. The number of phosphoric acid groups is 2. The van der Waals surface area contributed by atoms with Crippen LogP contribution in [0.1, 0.15) is 7.43 Å². The van der Waals surface area contributed by atoms with Crippen molar-refractivity contribution in [3.63, 3.8) is 0 Å². The van der Waals surface area contributed by atoms with E-state index >= 15 is 0 Å². The van der Waals surface area contributed by atoms with E-state index in [0.717, 1.165) is 0 Å². The van der Waals surface area contributed by atoms with Crippen molar-refractivity contribution in [3.05, 3.63) is 0 Å². The van der Waals surface area contributed by atoms with Crippen LogP contribution in [-0.4, -0.2) is 58.9 Å². The van der Waals surface area contributed by atoms with Crippen molar-refractivity contribution in [2.45, 2.75) is 7.43 Å². The van der Waals surface area contributed by atoms with Crippen LogP contribution in [0.4, 0.5) is 0 Å². The average Bonchev–Trinajstić information content (AvgIpc) is 1.12. The summed E-state index contributed by atoms with van der Waals surface area (Å²) < 4.78 is 17.8. The molecule has 0 saturated heterocycles. The normalized spacial score (nSPS) is 9.83. The first-order valence-electron chi connectivity index (χ1n) is 1.57. The third-order valence-corrected chi connectivity index (χ3v) is 0. The van der Waals surface area contributed by atoms with E-state index in [0.29, 0.717) is 0 Å². The van der Waals surface area contributed by atoms with Gasteiger partial charge in [-0.05, 0) is 0 Å². The van der Waals surface area contributed by atoms with Crippen LogP contribution >= 0.6 is 15.6 Å². The van der Waals surface area contributed by atoms with Crippen LogP contribution in [0.2, 0.25) is 0 Å². The average molecular weight is 236 g/mol. The van der Waals surface area contributed by atoms with Crippen molar-refractivity contribution in [1.29, 1.82) is 0 Å². The third kappa shape index (κ3) is 787. The summed E-state index contributed by atoms with van der Waals surface area (Å²) in [5, 5.41) is 0. The molecular weight excluding hydrogens is 225 g/mol. The number of hydrogen-bond donors (Lipinski definition) is 6. The van der Waals surface area contributed by atoms with E-state index in [2.05, 4.69) is 0 Å². The molecule has 0 aromatic rings. The molecule has 0 aliphatic carbocycles. The van der Waals surface area contributed by atoms with Crippen molar-refractivity contribution in [1.82, 2.24) is 0 Å². The van der Waals surface area contributed by atoms with E-state index in [4.69, 9.17) is 38.5 Å². The van der Waals surface area contributed by atoms with Crippen molar-refractivity contribution in [2.24, 2.45) is 0 Å². The zero-order chi connectivity index (χ0) is 9.00. The van der Waals surface area contributed by atoms with Crippen LogP contribution in [0.25, 0.3) is 0 Å². The molecule has 0 radical (unpaired) electrons. The van der Waals surface area contributed by atoms with Crippen LogP contribution in [0.5, 0.6) is 0 Å². The standard InChI is InChI=1S/CH4.Na.2H3O4P.H/c;;2*1-5(2,3)4;/h1H4;;2*(H3,1,2,3,4);. The van der Waals surface area contributed by atoms with Gasteiger partial charge in [0.15, 0.2) is 0 Å². The molecule has 6 N–H and O–H groups in total. The second-order valence-corrected chi connectivity index (χ2v) is 3.08. The van der Waals surface area contributed by atoms with Gasteiger partial charge in [-0.1, -0.05) is 7.43 Å². The molecule has 0 unspecified atom stereocenters. The van der Waals surface area contributed by atoms with E-state index in [1.54, 1.807) is 0 Å². The molecule has 74 valence electrons. The second kappa shape index (κ2) is 8.80. The minimum absolute atomic E-state index is 0. The van der Waals surface area contributed by atoms with Gasteiger partial charge in [0.2, 0.25) is 0 Å². The Bertz CT molecular complexity index is 129. The van der Waals surface area contributed by atoms with Gasteiger partial charge < -0.3 is 29.4 Å². The molecule has 0 aromatic carbocycles. The van der Waals surface area contributed by atoms with Gasteiger partial charge in [0.25, 0.3) is 0 Å². The zero-order valence-corrected chi connectivity index (χ0v) is 6.18. The summed E-state index contributed by atoms with van der Waals surface area (Å²) in [6.07, 6.45) is 0. The Morgan fingerprint density at radius 3 is 0.667 bits per heavy atom. The van der Waals surface area contributed by atoms with E-state index in [1.807, 2.05) is 0 Å². The summed E-state index contributed by atoms with van der Waals surface area (Å²) in [6, 6.07) is 0. The summed E-state index contributed by atoms with van der Waals surface area (Å²) in [6.45, 7) is 0. The molecule has 0 aliphatic heterocycles. The summed E-state index contributed by atoms with van der Waals surface area (Å²) in [4.78, 5) is 43.1. The SMILES string of the molecule is C.O=P(O)(O)O.O=P(O)(O)O.[NaH]. The quantitative estimate of drug-likeness (QED) is 0.211. The van der Waals surface area contributed by atoms with E-state index < -0.39 is 15.6 Å². The molecule has 0 amide bonds. The number of rotatable bonds is 0. The first-order chi connectivity index (χ1) is 4.00. The molecule has 0 heterocycles. The predicted octanol–water partition coefficient (Wildman–Crippen LogP) is -1.87. The fourth-order valence-corrected chi connectivity index (χ4v) is 0. The van der Waals surface area contributed by atoms with Gasteiger partial charge in [-0.25, -0.2) is 9.13 Å². The molecule has 8 nitrogen and oxygen atoms in total. The van der Waals surface area contributed by atoms with Crippen LogP contribution in [0.15, 0.2) is 0 Å². The van der Waals surface area contributed by atoms with Gasteiger partial charge in [0.05, 0.1) is 0 Å². The summed E-state index contributed by atoms with van der Waals surface area (Å²) in [5.41, 5.74) is 0. The molecule has 0 aliphatic rings. The van der Waals surface area contributed by atoms with Crippen molar-refractivity contribution < 1.29 is 38.5 Å². The number of hydrogen-bond acceptors (Lipinski definition) is 2. The monoisotopic (exact) mass is 236 g/mol. The molecule has 12 heavy (non-hydrogen) atoms. The van der Waals surface area contributed by atoms with E-state index in [-0.39, 0.29) is 37.0 Å². The molecule has 0 bridgehead atoms. The fourth-order valence-electron chi connectivity index (χ4n) is 0. The zero-order valence-electron chi connectivity index (χ0n) is 4.39. The van der Waals surface area contributed by atoms with E-state index in [1.165, 1.54) is 0 Å². The minimum atomic E-state index is -4.64. The first-order valence-corrected chi connectivity index (χ1v) is 4.70. The maximum atomic E-state index is 8.88. The van der Waals surface area contributed by atoms with Gasteiger partial charge in [0, 0.05) is 0 Å². The Labute approximate surface area is 91.0 Å². The van der Waals surface area contributed by atoms with Crippen molar-refractivity contribution >= 4 is 45.2 Å². The molecule has 0 aromatic heterocycles. The third-order valence-electron chi connectivity index (χ3n) is 0. The summed E-state index contributed by atoms with van der Waals surface area (Å²) in [7, 11) is -9.28. The first kappa shape index (κ1) is 23.2. The molecular formula is CH11NaO8P2.